The number of carbonyl (C=O) groups is 1. The summed E-state index contributed by atoms with van der Waals surface area (Å²) in [5.74, 6) is -0.0220. The molecule has 27 heavy (non-hydrogen) atoms. The van der Waals surface area contributed by atoms with Gasteiger partial charge in [-0.15, -0.1) is 0 Å². The van der Waals surface area contributed by atoms with Crippen LogP contribution in [0.5, 0.6) is 0 Å². The predicted molar refractivity (Wildman–Crippen MR) is 105 cm³/mol. The van der Waals surface area contributed by atoms with E-state index >= 15 is 0 Å². The molecule has 2 aromatic heterocycles. The normalized spacial score (nSPS) is 15.9. The monoisotopic (exact) mass is 383 g/mol. The molecule has 8 heteroatoms. The highest BCUT2D eigenvalue weighted by atomic mass is 32.2. The number of thioether (sulfide) groups is 1. The zero-order valence-corrected chi connectivity index (χ0v) is 15.8. The van der Waals surface area contributed by atoms with Crippen LogP contribution in [0, 0.1) is 0 Å². The highest BCUT2D eigenvalue weighted by molar-refractivity contribution is 8.00. The number of nitrogens with one attached hydrogen (secondary N) is 2. The quantitative estimate of drug-likeness (QED) is 0.522. The van der Waals surface area contributed by atoms with Gasteiger partial charge >= 0.3 is 0 Å². The van der Waals surface area contributed by atoms with E-state index in [1.165, 1.54) is 30.8 Å². The summed E-state index contributed by atoms with van der Waals surface area (Å²) in [6.07, 6.45) is 5.93. The average molecular weight is 383 g/mol. The molecule has 0 saturated heterocycles. The van der Waals surface area contributed by atoms with Gasteiger partial charge in [0.2, 0.25) is 5.91 Å². The van der Waals surface area contributed by atoms with Crippen LogP contribution in [0.3, 0.4) is 0 Å². The summed E-state index contributed by atoms with van der Waals surface area (Å²) in [6.45, 7) is 1.83. The van der Waals surface area contributed by atoms with Crippen LogP contribution in [0.25, 0.3) is 16.7 Å². The molecule has 2 heterocycles. The summed E-state index contributed by atoms with van der Waals surface area (Å²) in [7, 11) is 0. The number of H-pyrrole nitrogens is 1. The predicted octanol–water partition coefficient (Wildman–Crippen LogP) is 2.65. The van der Waals surface area contributed by atoms with Gasteiger partial charge in [-0.3, -0.25) is 9.59 Å². The molecule has 1 saturated carbocycles. The van der Waals surface area contributed by atoms with Gasteiger partial charge in [0.1, 0.15) is 5.39 Å². The Hall–Kier alpha value is -2.61. The summed E-state index contributed by atoms with van der Waals surface area (Å²) >= 11 is 1.25. The summed E-state index contributed by atoms with van der Waals surface area (Å²) in [4.78, 5) is 32.1. The molecule has 1 fully saturated rings. The first-order chi connectivity index (χ1) is 13.1. The van der Waals surface area contributed by atoms with Crippen molar-refractivity contribution in [2.75, 3.05) is 0 Å². The zero-order valence-electron chi connectivity index (χ0n) is 15.0. The Kier molecular flexibility index (Phi) is 4.98. The van der Waals surface area contributed by atoms with Gasteiger partial charge in [-0.1, -0.05) is 42.8 Å². The number of para-hydroxylation sites is 1. The molecule has 0 unspecified atom stereocenters. The standard InChI is InChI=1S/C19H21N5O2S/c1-12(17(25)21-13-7-5-6-8-13)27-19-22-16-15(18(26)23-19)11-20-24(16)14-9-3-2-4-10-14/h2-4,9-13H,5-8H2,1H3,(H,21,25)(H,22,23,26)/t12-/m1/s1. The van der Waals surface area contributed by atoms with Crippen LogP contribution in [-0.2, 0) is 4.79 Å². The first kappa shape index (κ1) is 17.8. The molecule has 1 aliphatic rings. The molecule has 140 valence electrons. The highest BCUT2D eigenvalue weighted by Crippen LogP contribution is 2.23. The number of hydrogen-bond acceptors (Lipinski definition) is 5. The fourth-order valence-corrected chi connectivity index (χ4v) is 4.12. The maximum Gasteiger partial charge on any atom is 0.262 e. The maximum atomic E-state index is 12.4. The minimum Gasteiger partial charge on any atom is -0.352 e. The molecule has 1 aromatic carbocycles. The van der Waals surface area contributed by atoms with E-state index in [0.29, 0.717) is 16.2 Å². The van der Waals surface area contributed by atoms with Crippen molar-refractivity contribution in [1.82, 2.24) is 25.1 Å². The molecule has 3 aromatic rings. The van der Waals surface area contributed by atoms with Crippen molar-refractivity contribution < 1.29 is 4.79 Å². The lowest BCUT2D eigenvalue weighted by atomic mass is 10.2. The zero-order chi connectivity index (χ0) is 18.8. The van der Waals surface area contributed by atoms with E-state index in [2.05, 4.69) is 20.4 Å². The first-order valence-corrected chi connectivity index (χ1v) is 10.0. The molecule has 0 aliphatic heterocycles. The Balaban J connectivity index is 1.58. The molecule has 7 nitrogen and oxygen atoms in total. The van der Waals surface area contributed by atoms with E-state index in [1.54, 1.807) is 4.68 Å². The smallest absolute Gasteiger partial charge is 0.262 e. The topological polar surface area (TPSA) is 92.7 Å². The van der Waals surface area contributed by atoms with Gasteiger partial charge in [0.25, 0.3) is 5.56 Å². The lowest BCUT2D eigenvalue weighted by Crippen LogP contribution is -2.37. The minimum absolute atomic E-state index is 0.0220. The van der Waals surface area contributed by atoms with Crippen LogP contribution < -0.4 is 10.9 Å². The molecule has 2 N–H and O–H groups in total. The van der Waals surface area contributed by atoms with Gasteiger partial charge in [-0.2, -0.15) is 5.10 Å². The second kappa shape index (κ2) is 7.56. The van der Waals surface area contributed by atoms with Crippen LogP contribution in [-0.4, -0.2) is 36.9 Å². The van der Waals surface area contributed by atoms with Crippen molar-refractivity contribution in [3.8, 4) is 5.69 Å². The Morgan fingerprint density at radius 3 is 2.78 bits per heavy atom. The number of fused-ring (bicyclic) bond motifs is 1. The summed E-state index contributed by atoms with van der Waals surface area (Å²) in [5, 5.41) is 7.87. The summed E-state index contributed by atoms with van der Waals surface area (Å²) in [6, 6.07) is 9.80. The summed E-state index contributed by atoms with van der Waals surface area (Å²) in [5.41, 5.74) is 1.05. The van der Waals surface area contributed by atoms with E-state index in [4.69, 9.17) is 0 Å². The van der Waals surface area contributed by atoms with Crippen LogP contribution in [0.2, 0.25) is 0 Å². The lowest BCUT2D eigenvalue weighted by Gasteiger charge is -2.15. The van der Waals surface area contributed by atoms with Gasteiger partial charge in [0, 0.05) is 6.04 Å². The minimum atomic E-state index is -0.348. The van der Waals surface area contributed by atoms with E-state index in [-0.39, 0.29) is 22.8 Å². The number of aromatic nitrogens is 4. The van der Waals surface area contributed by atoms with E-state index in [1.807, 2.05) is 37.3 Å². The SMILES string of the molecule is C[C@@H](Sc1nc2c(cnn2-c2ccccc2)c(=O)[nH]1)C(=O)NC1CCCC1. The molecular weight excluding hydrogens is 362 g/mol. The molecule has 1 amide bonds. The second-order valence-corrected chi connectivity index (χ2v) is 8.08. The molecule has 1 atom stereocenters. The molecule has 1 aliphatic carbocycles. The number of nitrogens with zero attached hydrogens (tertiary/aromatic N) is 3. The third kappa shape index (κ3) is 3.75. The number of aromatic amines is 1. The van der Waals surface area contributed by atoms with Crippen molar-refractivity contribution in [3.63, 3.8) is 0 Å². The lowest BCUT2D eigenvalue weighted by molar-refractivity contribution is -0.120. The Bertz CT molecular complexity index is 1010. The van der Waals surface area contributed by atoms with E-state index in [0.717, 1.165) is 18.5 Å². The van der Waals surface area contributed by atoms with Crippen molar-refractivity contribution in [2.45, 2.75) is 49.1 Å². The van der Waals surface area contributed by atoms with Gasteiger partial charge in [0.15, 0.2) is 10.8 Å². The number of hydrogen-bond donors (Lipinski definition) is 2. The Morgan fingerprint density at radius 1 is 1.30 bits per heavy atom. The fraction of sp³-hybridized carbons (Fsp3) is 0.368. The highest BCUT2D eigenvalue weighted by Gasteiger charge is 2.22. The molecular formula is C19H21N5O2S. The number of amides is 1. The molecule has 0 spiro atoms. The summed E-state index contributed by atoms with van der Waals surface area (Å²) < 4.78 is 1.64. The number of benzene rings is 1. The second-order valence-electron chi connectivity index (χ2n) is 6.75. The van der Waals surface area contributed by atoms with Gasteiger partial charge in [-0.05, 0) is 31.9 Å². The van der Waals surface area contributed by atoms with Crippen molar-refractivity contribution >= 4 is 28.7 Å². The van der Waals surface area contributed by atoms with Crippen LogP contribution in [0.1, 0.15) is 32.6 Å². The first-order valence-electron chi connectivity index (χ1n) is 9.12. The van der Waals surface area contributed by atoms with E-state index in [9.17, 15) is 9.59 Å². The molecule has 0 bridgehead atoms. The number of rotatable bonds is 5. The van der Waals surface area contributed by atoms with Crippen LogP contribution >= 0.6 is 11.8 Å². The largest absolute Gasteiger partial charge is 0.352 e. The molecule has 4 rings (SSSR count). The Labute approximate surface area is 160 Å². The van der Waals surface area contributed by atoms with Gasteiger partial charge < -0.3 is 10.3 Å². The van der Waals surface area contributed by atoms with Crippen LogP contribution in [0.4, 0.5) is 0 Å². The fourth-order valence-electron chi connectivity index (χ4n) is 3.32. The van der Waals surface area contributed by atoms with Gasteiger partial charge in [-0.25, -0.2) is 9.67 Å². The molecule has 0 radical (unpaired) electrons. The number of carbonyl (C=O) groups excluding carboxylic acids is 1. The average Bonchev–Trinajstić information content (AvgIpc) is 3.32. The maximum absolute atomic E-state index is 12.4. The van der Waals surface area contributed by atoms with E-state index < -0.39 is 0 Å². The third-order valence-corrected chi connectivity index (χ3v) is 5.76. The third-order valence-electron chi connectivity index (χ3n) is 4.78. The van der Waals surface area contributed by atoms with Gasteiger partial charge in [0.05, 0.1) is 17.1 Å². The van der Waals surface area contributed by atoms with Crippen molar-refractivity contribution in [2.24, 2.45) is 0 Å². The van der Waals surface area contributed by atoms with Crippen molar-refractivity contribution in [3.05, 3.63) is 46.9 Å². The van der Waals surface area contributed by atoms with Crippen molar-refractivity contribution in [1.29, 1.82) is 0 Å². The van der Waals surface area contributed by atoms with Crippen LogP contribution in [0.15, 0.2) is 46.5 Å². The Morgan fingerprint density at radius 2 is 2.04 bits per heavy atom.